The first-order valence-corrected chi connectivity index (χ1v) is 9.57. The summed E-state index contributed by atoms with van der Waals surface area (Å²) in [5.41, 5.74) is 3.79. The summed E-state index contributed by atoms with van der Waals surface area (Å²) in [7, 11) is 1.68. The average molecular weight is 411 g/mol. The Hall–Kier alpha value is -3.35. The number of benzene rings is 2. The molecule has 3 aromatic rings. The molecule has 2 aromatic carbocycles. The van der Waals surface area contributed by atoms with Crippen molar-refractivity contribution in [2.24, 2.45) is 0 Å². The molecule has 2 heterocycles. The van der Waals surface area contributed by atoms with Gasteiger partial charge in [0.25, 0.3) is 5.91 Å². The minimum Gasteiger partial charge on any atom is -0.384 e. The molecule has 0 saturated heterocycles. The molecule has 0 fully saturated rings. The summed E-state index contributed by atoms with van der Waals surface area (Å²) in [5, 5.41) is 3.26. The number of nitrogens with one attached hydrogen (secondary N) is 1. The lowest BCUT2D eigenvalue weighted by Gasteiger charge is -2.19. The van der Waals surface area contributed by atoms with Gasteiger partial charge in [0, 0.05) is 31.0 Å². The number of carbonyl (C=O) groups is 1. The number of rotatable bonds is 4. The summed E-state index contributed by atoms with van der Waals surface area (Å²) < 4.78 is 38.9. The minimum absolute atomic E-state index is 0.145. The van der Waals surface area contributed by atoms with Crippen molar-refractivity contribution >= 4 is 17.3 Å². The third-order valence-electron chi connectivity index (χ3n) is 5.23. The second-order valence-electron chi connectivity index (χ2n) is 7.30. The van der Waals surface area contributed by atoms with E-state index in [4.69, 9.17) is 0 Å². The van der Waals surface area contributed by atoms with E-state index >= 15 is 0 Å². The average Bonchev–Trinajstić information content (AvgIpc) is 3.21. The molecule has 0 spiro atoms. The zero-order valence-corrected chi connectivity index (χ0v) is 16.3. The number of hydrogen-bond acceptors (Lipinski definition) is 3. The molecular weight excluding hydrogens is 391 g/mol. The van der Waals surface area contributed by atoms with Gasteiger partial charge in [-0.25, -0.2) is 0 Å². The van der Waals surface area contributed by atoms with Crippen LogP contribution in [0.2, 0.25) is 0 Å². The maximum atomic E-state index is 13.1. The maximum absolute atomic E-state index is 13.1. The van der Waals surface area contributed by atoms with E-state index < -0.39 is 11.7 Å². The molecule has 1 aliphatic rings. The highest BCUT2D eigenvalue weighted by Crippen LogP contribution is 2.30. The molecule has 0 bridgehead atoms. The number of fused-ring (bicyclic) bond motifs is 1. The van der Waals surface area contributed by atoms with Crippen molar-refractivity contribution in [3.8, 4) is 0 Å². The Bertz CT molecular complexity index is 1100. The molecule has 30 heavy (non-hydrogen) atoms. The molecule has 154 valence electrons. The summed E-state index contributed by atoms with van der Waals surface area (Å²) in [4.78, 5) is 18.8. The Morgan fingerprint density at radius 2 is 1.90 bits per heavy atom. The van der Waals surface area contributed by atoms with Crippen molar-refractivity contribution in [3.63, 3.8) is 0 Å². The molecule has 4 nitrogen and oxygen atoms in total. The van der Waals surface area contributed by atoms with Crippen LogP contribution in [0.3, 0.4) is 0 Å². The summed E-state index contributed by atoms with van der Waals surface area (Å²) in [6, 6.07) is 12.6. The summed E-state index contributed by atoms with van der Waals surface area (Å²) in [5.74, 6) is -0.145. The van der Waals surface area contributed by atoms with E-state index in [1.807, 2.05) is 18.2 Å². The van der Waals surface area contributed by atoms with Gasteiger partial charge in [-0.2, -0.15) is 13.2 Å². The predicted molar refractivity (Wildman–Crippen MR) is 110 cm³/mol. The van der Waals surface area contributed by atoms with Crippen LogP contribution in [0.25, 0.3) is 0 Å². The van der Waals surface area contributed by atoms with Gasteiger partial charge in [0.1, 0.15) is 0 Å². The third kappa shape index (κ3) is 4.01. The van der Waals surface area contributed by atoms with Crippen LogP contribution in [0.5, 0.6) is 0 Å². The van der Waals surface area contributed by atoms with E-state index in [1.54, 1.807) is 31.6 Å². The van der Waals surface area contributed by atoms with Crippen LogP contribution < -0.4 is 10.2 Å². The molecule has 0 aliphatic carbocycles. The monoisotopic (exact) mass is 411 g/mol. The number of halogens is 3. The van der Waals surface area contributed by atoms with Gasteiger partial charge in [-0.1, -0.05) is 24.3 Å². The molecule has 1 amide bonds. The van der Waals surface area contributed by atoms with Crippen molar-refractivity contribution in [1.29, 1.82) is 0 Å². The van der Waals surface area contributed by atoms with Gasteiger partial charge >= 0.3 is 6.18 Å². The Labute approximate surface area is 172 Å². The fraction of sp³-hybridized carbons (Fsp3) is 0.217. The molecule has 4 rings (SSSR count). The predicted octanol–water partition coefficient (Wildman–Crippen LogP) is 4.94. The summed E-state index contributed by atoms with van der Waals surface area (Å²) in [6.45, 7) is 0.803. The molecule has 1 aromatic heterocycles. The fourth-order valence-corrected chi connectivity index (χ4v) is 3.69. The second-order valence-corrected chi connectivity index (χ2v) is 7.30. The van der Waals surface area contributed by atoms with Gasteiger partial charge in [-0.05, 0) is 53.8 Å². The molecule has 0 saturated carbocycles. The number of hydrogen-bond donors (Lipinski definition) is 1. The lowest BCUT2D eigenvalue weighted by molar-refractivity contribution is -0.137. The minimum atomic E-state index is -4.38. The van der Waals surface area contributed by atoms with Crippen molar-refractivity contribution in [1.82, 2.24) is 4.98 Å². The largest absolute Gasteiger partial charge is 0.416 e. The van der Waals surface area contributed by atoms with Crippen LogP contribution in [-0.2, 0) is 19.0 Å². The van der Waals surface area contributed by atoms with E-state index in [0.29, 0.717) is 16.8 Å². The van der Waals surface area contributed by atoms with E-state index in [9.17, 15) is 18.0 Å². The van der Waals surface area contributed by atoms with Crippen LogP contribution in [0, 0.1) is 0 Å². The zero-order valence-electron chi connectivity index (χ0n) is 16.3. The van der Waals surface area contributed by atoms with Gasteiger partial charge in [-0.15, -0.1) is 0 Å². The number of amides is 1. The van der Waals surface area contributed by atoms with Gasteiger partial charge in [0.2, 0.25) is 0 Å². The van der Waals surface area contributed by atoms with Crippen LogP contribution in [-0.4, -0.2) is 24.5 Å². The first-order chi connectivity index (χ1) is 14.3. The molecule has 0 unspecified atom stereocenters. The topological polar surface area (TPSA) is 45.2 Å². The summed E-state index contributed by atoms with van der Waals surface area (Å²) >= 11 is 0. The molecule has 0 atom stereocenters. The van der Waals surface area contributed by atoms with Crippen LogP contribution >= 0.6 is 0 Å². The van der Waals surface area contributed by atoms with Crippen molar-refractivity contribution in [2.45, 2.75) is 19.0 Å². The van der Waals surface area contributed by atoms with Crippen molar-refractivity contribution in [3.05, 3.63) is 88.7 Å². The highest BCUT2D eigenvalue weighted by Gasteiger charge is 2.30. The number of alkyl halides is 3. The Balaban J connectivity index is 1.56. The summed E-state index contributed by atoms with van der Waals surface area (Å²) in [6.07, 6.45) is -0.120. The number of nitrogens with zero attached hydrogens (tertiary/aromatic N) is 2. The molecular formula is C23H20F3N3O. The normalized spacial score (nSPS) is 12.9. The Kier molecular flexibility index (Phi) is 5.20. The fourth-order valence-electron chi connectivity index (χ4n) is 3.69. The molecule has 1 N–H and O–H groups in total. The van der Waals surface area contributed by atoms with Crippen LogP contribution in [0.4, 0.5) is 24.5 Å². The number of aromatic nitrogens is 1. The quantitative estimate of drug-likeness (QED) is 0.662. The lowest BCUT2D eigenvalue weighted by Crippen LogP contribution is -2.27. The Morgan fingerprint density at radius 1 is 1.10 bits per heavy atom. The van der Waals surface area contributed by atoms with Crippen molar-refractivity contribution < 1.29 is 18.0 Å². The van der Waals surface area contributed by atoms with E-state index in [-0.39, 0.29) is 12.3 Å². The molecule has 0 radical (unpaired) electrons. The third-order valence-corrected chi connectivity index (χ3v) is 5.23. The highest BCUT2D eigenvalue weighted by molar-refractivity contribution is 6.07. The van der Waals surface area contributed by atoms with E-state index in [1.165, 1.54) is 11.0 Å². The number of anilines is 2. The SMILES string of the molecule is CN(C(=O)c1cccc2c1CCN2)c1cncc(Cc2cccc(C(F)(F)F)c2)c1. The van der Waals surface area contributed by atoms with E-state index in [0.717, 1.165) is 41.9 Å². The second kappa shape index (κ2) is 7.82. The van der Waals surface area contributed by atoms with Crippen LogP contribution in [0.1, 0.15) is 32.6 Å². The first-order valence-electron chi connectivity index (χ1n) is 9.57. The standard InChI is InChI=1S/C23H20F3N3O/c1-29(22(30)20-6-3-7-21-19(20)8-9-28-21)18-12-16(13-27-14-18)10-15-4-2-5-17(11-15)23(24,25)26/h2-7,11-14,28H,8-10H2,1H3. The van der Waals surface area contributed by atoms with Gasteiger partial charge in [0.05, 0.1) is 17.4 Å². The highest BCUT2D eigenvalue weighted by atomic mass is 19.4. The van der Waals surface area contributed by atoms with E-state index in [2.05, 4.69) is 10.3 Å². The number of pyridine rings is 1. The zero-order chi connectivity index (χ0) is 21.3. The van der Waals surface area contributed by atoms with Crippen molar-refractivity contribution in [2.75, 3.05) is 23.8 Å². The number of carbonyl (C=O) groups excluding carboxylic acids is 1. The van der Waals surface area contributed by atoms with Gasteiger partial charge in [-0.3, -0.25) is 9.78 Å². The lowest BCUT2D eigenvalue weighted by atomic mass is 10.0. The van der Waals surface area contributed by atoms with Gasteiger partial charge < -0.3 is 10.2 Å². The Morgan fingerprint density at radius 3 is 2.70 bits per heavy atom. The molecule has 1 aliphatic heterocycles. The van der Waals surface area contributed by atoms with Crippen LogP contribution in [0.15, 0.2) is 60.9 Å². The maximum Gasteiger partial charge on any atom is 0.416 e. The molecule has 7 heteroatoms. The smallest absolute Gasteiger partial charge is 0.384 e. The first kappa shape index (κ1) is 19.9. The van der Waals surface area contributed by atoms with Gasteiger partial charge in [0.15, 0.2) is 0 Å².